The molecule has 154 valence electrons. The van der Waals surface area contributed by atoms with Crippen LogP contribution in [0.1, 0.15) is 59.4 Å². The van der Waals surface area contributed by atoms with Gasteiger partial charge in [0.2, 0.25) is 0 Å². The highest BCUT2D eigenvalue weighted by molar-refractivity contribution is 6.05. The van der Waals surface area contributed by atoms with E-state index in [1.54, 1.807) is 24.8 Å². The molecule has 0 unspecified atom stereocenters. The number of carbonyl (C=O) groups excluding carboxylic acids is 2. The maximum absolute atomic E-state index is 13.1. The molecule has 1 amide bonds. The number of hydrogen-bond donors (Lipinski definition) is 0. The summed E-state index contributed by atoms with van der Waals surface area (Å²) in [5.41, 5.74) is 4.13. The molecule has 0 radical (unpaired) electrons. The maximum Gasteiger partial charge on any atom is 0.339 e. The van der Waals surface area contributed by atoms with Crippen LogP contribution in [0.5, 0.6) is 0 Å². The number of aryl methyl sites for hydroxylation is 2. The molecule has 0 bridgehead atoms. The van der Waals surface area contributed by atoms with Crippen LogP contribution in [0.3, 0.4) is 0 Å². The molecule has 1 aliphatic heterocycles. The molecule has 1 fully saturated rings. The summed E-state index contributed by atoms with van der Waals surface area (Å²) in [7, 11) is 0. The van der Waals surface area contributed by atoms with E-state index in [-0.39, 0.29) is 5.91 Å². The summed E-state index contributed by atoms with van der Waals surface area (Å²) < 4.78 is 10.9. The fourth-order valence-electron chi connectivity index (χ4n) is 4.12. The van der Waals surface area contributed by atoms with Crippen LogP contribution in [0.2, 0.25) is 0 Å². The Hall–Kier alpha value is -3.22. The van der Waals surface area contributed by atoms with Gasteiger partial charge in [0.1, 0.15) is 0 Å². The number of para-hydroxylation sites is 1. The van der Waals surface area contributed by atoms with Gasteiger partial charge in [0.05, 0.1) is 16.6 Å². The monoisotopic (exact) mass is 405 g/mol. The van der Waals surface area contributed by atoms with Crippen LogP contribution < -0.4 is 4.90 Å². The summed E-state index contributed by atoms with van der Waals surface area (Å²) in [6.45, 7) is 4.01. The number of carbonyl (C=O) groups is 2. The second-order valence-electron chi connectivity index (χ2n) is 8.09. The Morgan fingerprint density at radius 1 is 1.27 bits per heavy atom. The average Bonchev–Trinajstić information content (AvgIpc) is 3.55. The van der Waals surface area contributed by atoms with Crippen molar-refractivity contribution in [3.05, 3.63) is 52.8 Å². The van der Waals surface area contributed by atoms with Gasteiger partial charge in [-0.1, -0.05) is 23.4 Å². The van der Waals surface area contributed by atoms with Crippen LogP contribution >= 0.6 is 0 Å². The van der Waals surface area contributed by atoms with Gasteiger partial charge in [-0.3, -0.25) is 4.79 Å². The SMILES string of the molecule is Cc1noc2nc(C3CC3)cc(C(=O)O[C@@H](C)C(=O)N3CCCc4ccccc43)c12. The van der Waals surface area contributed by atoms with Crippen molar-refractivity contribution in [3.63, 3.8) is 0 Å². The molecule has 2 aromatic heterocycles. The largest absolute Gasteiger partial charge is 0.449 e. The quantitative estimate of drug-likeness (QED) is 0.612. The Balaban J connectivity index is 1.41. The molecule has 3 heterocycles. The van der Waals surface area contributed by atoms with Crippen molar-refractivity contribution in [1.82, 2.24) is 10.1 Å². The van der Waals surface area contributed by atoms with E-state index in [2.05, 4.69) is 10.1 Å². The normalized spacial score (nSPS) is 16.9. The minimum Gasteiger partial charge on any atom is -0.449 e. The van der Waals surface area contributed by atoms with Crippen molar-refractivity contribution in [3.8, 4) is 0 Å². The maximum atomic E-state index is 13.1. The summed E-state index contributed by atoms with van der Waals surface area (Å²) in [5.74, 6) is -0.428. The van der Waals surface area contributed by atoms with Gasteiger partial charge < -0.3 is 14.2 Å². The number of aromatic nitrogens is 2. The highest BCUT2D eigenvalue weighted by Gasteiger charge is 2.32. The molecule has 3 aromatic rings. The topological polar surface area (TPSA) is 85.5 Å². The minimum absolute atomic E-state index is 0.217. The van der Waals surface area contributed by atoms with Gasteiger partial charge >= 0.3 is 5.97 Å². The molecule has 1 aromatic carbocycles. The highest BCUT2D eigenvalue weighted by Crippen LogP contribution is 2.40. The lowest BCUT2D eigenvalue weighted by Crippen LogP contribution is -2.42. The number of fused-ring (bicyclic) bond motifs is 2. The number of rotatable bonds is 4. The van der Waals surface area contributed by atoms with E-state index in [0.717, 1.165) is 42.6 Å². The lowest BCUT2D eigenvalue weighted by Gasteiger charge is -2.31. The molecule has 5 rings (SSSR count). The van der Waals surface area contributed by atoms with Crippen molar-refractivity contribution >= 4 is 28.7 Å². The van der Waals surface area contributed by atoms with Gasteiger partial charge in [0.25, 0.3) is 11.6 Å². The van der Waals surface area contributed by atoms with Crippen LogP contribution in [-0.2, 0) is 16.0 Å². The number of benzene rings is 1. The number of anilines is 1. The molecule has 0 N–H and O–H groups in total. The second-order valence-corrected chi connectivity index (χ2v) is 8.09. The predicted octanol–water partition coefficient (Wildman–Crippen LogP) is 3.93. The minimum atomic E-state index is -0.906. The van der Waals surface area contributed by atoms with Crippen molar-refractivity contribution in [1.29, 1.82) is 0 Å². The predicted molar refractivity (Wildman–Crippen MR) is 111 cm³/mol. The van der Waals surface area contributed by atoms with E-state index in [1.807, 2.05) is 24.3 Å². The van der Waals surface area contributed by atoms with E-state index in [0.29, 0.717) is 34.8 Å². The third-order valence-electron chi connectivity index (χ3n) is 5.86. The molecule has 0 spiro atoms. The Morgan fingerprint density at radius 2 is 2.07 bits per heavy atom. The lowest BCUT2D eigenvalue weighted by atomic mass is 10.0. The average molecular weight is 405 g/mol. The van der Waals surface area contributed by atoms with Crippen LogP contribution in [0.25, 0.3) is 11.1 Å². The van der Waals surface area contributed by atoms with E-state index < -0.39 is 12.1 Å². The van der Waals surface area contributed by atoms with E-state index in [1.165, 1.54) is 0 Å². The van der Waals surface area contributed by atoms with E-state index in [4.69, 9.17) is 9.26 Å². The molecule has 7 nitrogen and oxygen atoms in total. The first-order valence-electron chi connectivity index (χ1n) is 10.4. The van der Waals surface area contributed by atoms with Crippen LogP contribution in [0, 0.1) is 6.92 Å². The molecular weight excluding hydrogens is 382 g/mol. The van der Waals surface area contributed by atoms with Crippen molar-refractivity contribution < 1.29 is 18.8 Å². The molecule has 1 saturated carbocycles. The van der Waals surface area contributed by atoms with Gasteiger partial charge in [0.15, 0.2) is 6.10 Å². The fraction of sp³-hybridized carbons (Fsp3) is 0.391. The highest BCUT2D eigenvalue weighted by atomic mass is 16.5. The fourth-order valence-corrected chi connectivity index (χ4v) is 4.12. The standard InChI is InChI=1S/C23H23N3O4/c1-13-20-17(12-18(15-9-10-15)24-21(20)30-25-13)23(28)29-14(2)22(27)26-11-5-7-16-6-3-4-8-19(16)26/h3-4,6,8,12,14-15H,5,7,9-11H2,1-2H3/t14-/m0/s1. The Labute approximate surface area is 174 Å². The zero-order valence-electron chi connectivity index (χ0n) is 17.1. The van der Waals surface area contributed by atoms with Gasteiger partial charge in [-0.15, -0.1) is 0 Å². The number of pyridine rings is 1. The third-order valence-corrected chi connectivity index (χ3v) is 5.86. The van der Waals surface area contributed by atoms with Crippen LogP contribution in [0.15, 0.2) is 34.9 Å². The Morgan fingerprint density at radius 3 is 2.87 bits per heavy atom. The molecule has 2 aliphatic rings. The zero-order chi connectivity index (χ0) is 20.8. The first kappa shape index (κ1) is 18.8. The van der Waals surface area contributed by atoms with Crippen LogP contribution in [0.4, 0.5) is 5.69 Å². The van der Waals surface area contributed by atoms with Crippen molar-refractivity contribution in [2.24, 2.45) is 0 Å². The number of esters is 1. The molecule has 30 heavy (non-hydrogen) atoms. The van der Waals surface area contributed by atoms with Crippen molar-refractivity contribution in [2.45, 2.75) is 51.6 Å². The van der Waals surface area contributed by atoms with Crippen LogP contribution in [-0.4, -0.2) is 34.7 Å². The van der Waals surface area contributed by atoms with Gasteiger partial charge in [-0.2, -0.15) is 0 Å². The van der Waals surface area contributed by atoms with E-state index in [9.17, 15) is 9.59 Å². The molecule has 1 atom stereocenters. The Kier molecular flexibility index (Phi) is 4.53. The molecule has 0 saturated heterocycles. The molecular formula is C23H23N3O4. The molecule has 1 aliphatic carbocycles. The smallest absolute Gasteiger partial charge is 0.339 e. The first-order chi connectivity index (χ1) is 14.5. The Bertz CT molecular complexity index is 1150. The second kappa shape index (κ2) is 7.23. The summed E-state index contributed by atoms with van der Waals surface area (Å²) in [5, 5.41) is 4.50. The van der Waals surface area contributed by atoms with Gasteiger partial charge in [-0.25, -0.2) is 9.78 Å². The zero-order valence-corrected chi connectivity index (χ0v) is 17.1. The number of ether oxygens (including phenoxy) is 1. The van der Waals surface area contributed by atoms with Gasteiger partial charge in [0, 0.05) is 23.8 Å². The number of amides is 1. The molecule has 7 heteroatoms. The summed E-state index contributed by atoms with van der Waals surface area (Å²) in [6, 6.07) is 9.63. The first-order valence-corrected chi connectivity index (χ1v) is 10.4. The summed E-state index contributed by atoms with van der Waals surface area (Å²) in [4.78, 5) is 32.4. The summed E-state index contributed by atoms with van der Waals surface area (Å²) >= 11 is 0. The lowest BCUT2D eigenvalue weighted by molar-refractivity contribution is -0.126. The number of hydrogen-bond acceptors (Lipinski definition) is 6. The summed E-state index contributed by atoms with van der Waals surface area (Å²) in [6.07, 6.45) is 3.02. The third kappa shape index (κ3) is 3.24. The van der Waals surface area contributed by atoms with Crippen molar-refractivity contribution in [2.75, 3.05) is 11.4 Å². The van der Waals surface area contributed by atoms with Gasteiger partial charge in [-0.05, 0) is 57.2 Å². The van der Waals surface area contributed by atoms with E-state index >= 15 is 0 Å². The number of nitrogens with zero attached hydrogens (tertiary/aromatic N) is 3.